The van der Waals surface area contributed by atoms with Gasteiger partial charge < -0.3 is 25.8 Å². The molecule has 2 aromatic carbocycles. The van der Waals surface area contributed by atoms with Crippen LogP contribution in [0.1, 0.15) is 31.6 Å². The smallest absolute Gasteiger partial charge is 0.232 e. The van der Waals surface area contributed by atoms with Gasteiger partial charge in [0.05, 0.1) is 20.3 Å². The summed E-state index contributed by atoms with van der Waals surface area (Å²) in [6.07, 6.45) is 2.00. The van der Waals surface area contributed by atoms with Crippen molar-refractivity contribution in [3.63, 3.8) is 0 Å². The second-order valence-corrected chi connectivity index (χ2v) is 8.10. The van der Waals surface area contributed by atoms with Gasteiger partial charge in [0.15, 0.2) is 5.82 Å². The maximum absolute atomic E-state index is 5.98. The van der Waals surface area contributed by atoms with Gasteiger partial charge in [-0.25, -0.2) is 0 Å². The predicted molar refractivity (Wildman–Crippen MR) is 130 cm³/mol. The average molecular weight is 450 g/mol. The van der Waals surface area contributed by atoms with Crippen LogP contribution in [0.5, 0.6) is 11.5 Å². The van der Waals surface area contributed by atoms with Gasteiger partial charge in [-0.2, -0.15) is 15.0 Å². The molecule has 1 saturated heterocycles. The van der Waals surface area contributed by atoms with Gasteiger partial charge in [-0.15, -0.1) is 0 Å². The first-order valence-electron chi connectivity index (χ1n) is 11.1. The third-order valence-corrected chi connectivity index (χ3v) is 5.87. The van der Waals surface area contributed by atoms with Gasteiger partial charge in [-0.1, -0.05) is 18.2 Å². The number of ether oxygens (including phenoxy) is 2. The Balaban J connectivity index is 1.38. The highest BCUT2D eigenvalue weighted by molar-refractivity contribution is 5.55. The predicted octanol–water partition coefficient (Wildman–Crippen LogP) is 3.85. The lowest BCUT2D eigenvalue weighted by Gasteiger charge is -2.36. The summed E-state index contributed by atoms with van der Waals surface area (Å²) in [5.41, 5.74) is 7.89. The van der Waals surface area contributed by atoms with Crippen LogP contribution in [-0.2, 0) is 0 Å². The monoisotopic (exact) mass is 449 g/mol. The summed E-state index contributed by atoms with van der Waals surface area (Å²) in [6.45, 7) is 3.96. The van der Waals surface area contributed by atoms with Crippen molar-refractivity contribution in [1.82, 2.24) is 19.9 Å². The Morgan fingerprint density at radius 2 is 1.61 bits per heavy atom. The van der Waals surface area contributed by atoms with Crippen molar-refractivity contribution in [2.75, 3.05) is 43.7 Å². The number of likely N-dealkylation sites (tertiary alicyclic amines) is 1. The molecule has 0 aliphatic carbocycles. The van der Waals surface area contributed by atoms with Crippen LogP contribution in [0.3, 0.4) is 0 Å². The van der Waals surface area contributed by atoms with Crippen molar-refractivity contribution in [3.05, 3.63) is 54.4 Å². The van der Waals surface area contributed by atoms with Crippen LogP contribution in [0.15, 0.2) is 48.5 Å². The molecule has 0 bridgehead atoms. The second-order valence-electron chi connectivity index (χ2n) is 8.10. The number of piperidine rings is 1. The molecule has 3 aromatic rings. The fraction of sp³-hybridized carbons (Fsp3) is 0.375. The first-order chi connectivity index (χ1) is 16.0. The van der Waals surface area contributed by atoms with E-state index in [0.29, 0.717) is 17.8 Å². The van der Waals surface area contributed by atoms with E-state index in [0.717, 1.165) is 48.8 Å². The number of methoxy groups -OCH3 is 2. The largest absolute Gasteiger partial charge is 0.497 e. The molecular formula is C24H31N7O2. The van der Waals surface area contributed by atoms with Gasteiger partial charge in [0.2, 0.25) is 11.9 Å². The van der Waals surface area contributed by atoms with Crippen LogP contribution >= 0.6 is 0 Å². The third-order valence-electron chi connectivity index (χ3n) is 5.87. The van der Waals surface area contributed by atoms with Crippen molar-refractivity contribution < 1.29 is 9.47 Å². The Bertz CT molecular complexity index is 1030. The van der Waals surface area contributed by atoms with E-state index >= 15 is 0 Å². The van der Waals surface area contributed by atoms with E-state index in [1.54, 1.807) is 14.2 Å². The highest BCUT2D eigenvalue weighted by Gasteiger charge is 2.26. The summed E-state index contributed by atoms with van der Waals surface area (Å²) in [7, 11) is 3.32. The van der Waals surface area contributed by atoms with E-state index in [-0.39, 0.29) is 12.0 Å². The molecule has 4 rings (SSSR count). The molecule has 0 radical (unpaired) electrons. The summed E-state index contributed by atoms with van der Waals surface area (Å²) >= 11 is 0. The van der Waals surface area contributed by atoms with E-state index < -0.39 is 0 Å². The molecule has 1 aliphatic heterocycles. The molecule has 1 aromatic heterocycles. The van der Waals surface area contributed by atoms with Gasteiger partial charge >= 0.3 is 0 Å². The normalized spacial score (nSPS) is 15.6. The Kier molecular flexibility index (Phi) is 7.09. The topological polar surface area (TPSA) is 110 Å². The Hall–Kier alpha value is -3.59. The zero-order chi connectivity index (χ0) is 23.2. The maximum Gasteiger partial charge on any atom is 0.232 e. The third kappa shape index (κ3) is 5.81. The highest BCUT2D eigenvalue weighted by Crippen LogP contribution is 2.29. The van der Waals surface area contributed by atoms with E-state index in [1.165, 1.54) is 0 Å². The van der Waals surface area contributed by atoms with Crippen LogP contribution in [0.25, 0.3) is 0 Å². The van der Waals surface area contributed by atoms with Crippen molar-refractivity contribution in [2.45, 2.75) is 31.8 Å². The average Bonchev–Trinajstić information content (AvgIpc) is 2.84. The molecule has 2 heterocycles. The minimum absolute atomic E-state index is 0.0319. The number of nitrogens with zero attached hydrogens (tertiary/aromatic N) is 4. The lowest BCUT2D eigenvalue weighted by atomic mass is 10.0. The van der Waals surface area contributed by atoms with Crippen LogP contribution in [-0.4, -0.2) is 53.2 Å². The first kappa shape index (κ1) is 22.6. The lowest BCUT2D eigenvalue weighted by Crippen LogP contribution is -2.40. The summed E-state index contributed by atoms with van der Waals surface area (Å²) < 4.78 is 10.8. The van der Waals surface area contributed by atoms with Crippen LogP contribution < -0.4 is 25.8 Å². The van der Waals surface area contributed by atoms with E-state index in [9.17, 15) is 0 Å². The summed E-state index contributed by atoms with van der Waals surface area (Å²) in [5.74, 6) is 2.89. The summed E-state index contributed by atoms with van der Waals surface area (Å²) in [5, 5.41) is 6.82. The Morgan fingerprint density at radius 1 is 0.939 bits per heavy atom. The minimum atomic E-state index is 0.0319. The SMILES string of the molecule is COc1cc(NC2CCN(C(C)c3nc(N)nc(Nc4ccccc4)n3)CC2)cc(OC)c1. The number of hydrogen-bond acceptors (Lipinski definition) is 9. The van der Waals surface area contributed by atoms with Crippen molar-refractivity contribution in [1.29, 1.82) is 0 Å². The molecule has 33 heavy (non-hydrogen) atoms. The Morgan fingerprint density at radius 3 is 2.24 bits per heavy atom. The van der Waals surface area contributed by atoms with Gasteiger partial charge in [0, 0.05) is 48.7 Å². The molecule has 9 heteroatoms. The van der Waals surface area contributed by atoms with Crippen LogP contribution in [0, 0.1) is 0 Å². The van der Waals surface area contributed by atoms with Crippen molar-refractivity contribution in [2.24, 2.45) is 0 Å². The lowest BCUT2D eigenvalue weighted by molar-refractivity contribution is 0.162. The quantitative estimate of drug-likeness (QED) is 0.472. The first-order valence-corrected chi connectivity index (χ1v) is 11.1. The number of para-hydroxylation sites is 1. The maximum atomic E-state index is 5.98. The number of aromatic nitrogens is 3. The summed E-state index contributed by atoms with van der Waals surface area (Å²) in [6, 6.07) is 16.0. The second kappa shape index (κ2) is 10.4. The molecule has 1 fully saturated rings. The molecule has 9 nitrogen and oxygen atoms in total. The van der Waals surface area contributed by atoms with E-state index in [4.69, 9.17) is 15.2 Å². The van der Waals surface area contributed by atoms with Crippen LogP contribution in [0.2, 0.25) is 0 Å². The molecule has 1 aliphatic rings. The number of nitrogen functional groups attached to an aromatic ring is 1. The van der Waals surface area contributed by atoms with Crippen molar-refractivity contribution >= 4 is 23.3 Å². The van der Waals surface area contributed by atoms with E-state index in [2.05, 4.69) is 37.4 Å². The molecule has 174 valence electrons. The molecular weight excluding hydrogens is 418 g/mol. The van der Waals surface area contributed by atoms with Crippen molar-refractivity contribution in [3.8, 4) is 11.5 Å². The standard InChI is InChI=1S/C24H31N7O2/c1-16(22-28-23(25)30-24(29-22)27-17-7-5-4-6-8-17)31-11-9-18(10-12-31)26-19-13-20(32-2)15-21(14-19)33-3/h4-8,13-16,18,26H,9-12H2,1-3H3,(H3,25,27,28,29,30). The van der Waals surface area contributed by atoms with Crippen LogP contribution in [0.4, 0.5) is 23.3 Å². The molecule has 1 atom stereocenters. The van der Waals surface area contributed by atoms with Gasteiger partial charge in [-0.05, 0) is 31.9 Å². The molecule has 0 amide bonds. The Labute approximate surface area is 194 Å². The fourth-order valence-electron chi connectivity index (χ4n) is 4.02. The van der Waals surface area contributed by atoms with Gasteiger partial charge in [0.25, 0.3) is 0 Å². The number of nitrogens with two attached hydrogens (primary N) is 1. The van der Waals surface area contributed by atoms with Gasteiger partial charge in [-0.3, -0.25) is 4.90 Å². The zero-order valence-electron chi connectivity index (χ0n) is 19.3. The highest BCUT2D eigenvalue weighted by atomic mass is 16.5. The number of hydrogen-bond donors (Lipinski definition) is 3. The fourth-order valence-corrected chi connectivity index (χ4v) is 4.02. The zero-order valence-corrected chi connectivity index (χ0v) is 19.3. The molecule has 4 N–H and O–H groups in total. The molecule has 0 spiro atoms. The molecule has 0 saturated carbocycles. The summed E-state index contributed by atoms with van der Waals surface area (Å²) in [4.78, 5) is 15.7. The number of rotatable bonds is 8. The van der Waals surface area contributed by atoms with E-state index in [1.807, 2.05) is 48.5 Å². The number of benzene rings is 2. The number of nitrogens with one attached hydrogen (secondary N) is 2. The number of anilines is 4. The van der Waals surface area contributed by atoms with Gasteiger partial charge in [0.1, 0.15) is 11.5 Å². The molecule has 1 unspecified atom stereocenters. The minimum Gasteiger partial charge on any atom is -0.497 e.